The zero-order valence-electron chi connectivity index (χ0n) is 11.8. The van der Waals surface area contributed by atoms with E-state index in [0.717, 1.165) is 0 Å². The summed E-state index contributed by atoms with van der Waals surface area (Å²) in [6.07, 6.45) is 0.543. The lowest BCUT2D eigenvalue weighted by Gasteiger charge is -2.27. The van der Waals surface area contributed by atoms with Crippen LogP contribution < -0.4 is 0 Å². The Bertz CT molecular complexity index is 641. The van der Waals surface area contributed by atoms with Gasteiger partial charge in [0.05, 0.1) is 17.9 Å². The van der Waals surface area contributed by atoms with E-state index in [2.05, 4.69) is 0 Å². The molecule has 0 radical (unpaired) electrons. The van der Waals surface area contributed by atoms with Crippen molar-refractivity contribution in [2.24, 2.45) is 0 Å². The lowest BCUT2D eigenvalue weighted by atomic mass is 10.1. The highest BCUT2D eigenvalue weighted by Gasteiger charge is 2.33. The van der Waals surface area contributed by atoms with Crippen molar-refractivity contribution in [3.05, 3.63) is 23.8 Å². The van der Waals surface area contributed by atoms with Crippen LogP contribution in [0.15, 0.2) is 18.2 Å². The maximum atomic E-state index is 12.3. The highest BCUT2D eigenvalue weighted by atomic mass is 32.2. The smallest absolute Gasteiger partial charge is 0.227 e. The van der Waals surface area contributed by atoms with E-state index < -0.39 is 9.84 Å². The first-order valence-electron chi connectivity index (χ1n) is 6.83. The van der Waals surface area contributed by atoms with E-state index in [1.54, 1.807) is 11.0 Å². The monoisotopic (exact) mass is 313 g/mol. The first-order valence-corrected chi connectivity index (χ1v) is 8.65. The average Bonchev–Trinajstić information content (AvgIpc) is 2.75. The fourth-order valence-electron chi connectivity index (χ4n) is 2.61. The maximum absolute atomic E-state index is 12.3. The first-order chi connectivity index (χ1) is 9.82. The van der Waals surface area contributed by atoms with E-state index >= 15 is 0 Å². The molecule has 2 N–H and O–H groups in total. The number of carbonyl (C=O) groups is 1. The van der Waals surface area contributed by atoms with Crippen molar-refractivity contribution in [1.29, 1.82) is 0 Å². The molecule has 0 aliphatic carbocycles. The number of benzene rings is 1. The summed E-state index contributed by atoms with van der Waals surface area (Å²) in [6.45, 7) is 2.26. The lowest BCUT2D eigenvalue weighted by Crippen LogP contribution is -2.41. The number of phenols is 2. The topological polar surface area (TPSA) is 94.9 Å². The summed E-state index contributed by atoms with van der Waals surface area (Å²) < 4.78 is 23.1. The molecule has 21 heavy (non-hydrogen) atoms. The van der Waals surface area contributed by atoms with Crippen molar-refractivity contribution in [1.82, 2.24) is 4.90 Å². The maximum Gasteiger partial charge on any atom is 0.227 e. The van der Waals surface area contributed by atoms with E-state index in [1.165, 1.54) is 12.1 Å². The van der Waals surface area contributed by atoms with Crippen molar-refractivity contribution in [3.63, 3.8) is 0 Å². The van der Waals surface area contributed by atoms with Crippen LogP contribution in [-0.2, 0) is 21.1 Å². The van der Waals surface area contributed by atoms with Gasteiger partial charge in [-0.1, -0.05) is 6.07 Å². The quantitative estimate of drug-likeness (QED) is 0.797. The van der Waals surface area contributed by atoms with Crippen LogP contribution in [0, 0.1) is 0 Å². The summed E-state index contributed by atoms with van der Waals surface area (Å²) in [7, 11) is -3.04. The number of nitrogens with zero attached hydrogens (tertiary/aromatic N) is 1. The van der Waals surface area contributed by atoms with Crippen LogP contribution in [0.2, 0.25) is 0 Å². The molecule has 1 aromatic carbocycles. The van der Waals surface area contributed by atoms with Gasteiger partial charge in [-0.15, -0.1) is 0 Å². The molecule has 2 rings (SSSR count). The standard InChI is InChI=1S/C14H19NO5S/c1-2-15(11-5-6-21(19,20)9-11)14(18)8-10-3-4-12(16)13(17)7-10/h3-4,7,11,16-17H,2,5-6,8-9H2,1H3. The molecule has 1 unspecified atom stereocenters. The normalized spacial score (nSPS) is 20.3. The van der Waals surface area contributed by atoms with Crippen LogP contribution in [-0.4, -0.2) is 53.5 Å². The van der Waals surface area contributed by atoms with Gasteiger partial charge in [0.2, 0.25) is 5.91 Å². The van der Waals surface area contributed by atoms with Gasteiger partial charge in [-0.05, 0) is 31.0 Å². The van der Waals surface area contributed by atoms with Crippen molar-refractivity contribution in [2.75, 3.05) is 18.1 Å². The SMILES string of the molecule is CCN(C(=O)Cc1ccc(O)c(O)c1)C1CCS(=O)(=O)C1. The minimum Gasteiger partial charge on any atom is -0.504 e. The summed E-state index contributed by atoms with van der Waals surface area (Å²) in [5.74, 6) is -0.536. The van der Waals surface area contributed by atoms with Gasteiger partial charge in [0, 0.05) is 12.6 Å². The average molecular weight is 313 g/mol. The summed E-state index contributed by atoms with van der Waals surface area (Å²) in [5.41, 5.74) is 0.578. The van der Waals surface area contributed by atoms with Crippen LogP contribution in [0.5, 0.6) is 11.5 Å². The minimum absolute atomic E-state index is 0.0212. The predicted molar refractivity (Wildman–Crippen MR) is 77.9 cm³/mol. The Morgan fingerprint density at radius 2 is 2.05 bits per heavy atom. The molecule has 1 atom stereocenters. The fourth-order valence-corrected chi connectivity index (χ4v) is 4.35. The number of likely N-dealkylation sites (N-methyl/N-ethyl adjacent to an activating group) is 1. The molecular formula is C14H19NO5S. The number of hydrogen-bond donors (Lipinski definition) is 2. The third-order valence-corrected chi connectivity index (χ3v) is 5.46. The summed E-state index contributed by atoms with van der Waals surface area (Å²) in [4.78, 5) is 13.9. The molecule has 116 valence electrons. The first kappa shape index (κ1) is 15.6. The molecule has 6 nitrogen and oxygen atoms in total. The molecule has 0 saturated carbocycles. The van der Waals surface area contributed by atoms with Crippen LogP contribution in [0.3, 0.4) is 0 Å². The number of sulfone groups is 1. The Morgan fingerprint density at radius 3 is 2.57 bits per heavy atom. The molecule has 7 heteroatoms. The Labute approximate surface area is 123 Å². The number of hydrogen-bond acceptors (Lipinski definition) is 5. The van der Waals surface area contributed by atoms with Crippen LogP contribution in [0.1, 0.15) is 18.9 Å². The van der Waals surface area contributed by atoms with Gasteiger partial charge in [0.25, 0.3) is 0 Å². The molecule has 1 aliphatic rings. The molecule has 1 aromatic rings. The zero-order valence-corrected chi connectivity index (χ0v) is 12.6. The lowest BCUT2D eigenvalue weighted by molar-refractivity contribution is -0.132. The second-order valence-electron chi connectivity index (χ2n) is 5.24. The minimum atomic E-state index is -3.04. The highest BCUT2D eigenvalue weighted by Crippen LogP contribution is 2.26. The molecule has 1 aliphatic heterocycles. The second kappa shape index (κ2) is 5.93. The number of amides is 1. The third-order valence-electron chi connectivity index (χ3n) is 3.71. The van der Waals surface area contributed by atoms with Crippen LogP contribution in [0.25, 0.3) is 0 Å². The van der Waals surface area contributed by atoms with Gasteiger partial charge in [0.15, 0.2) is 21.3 Å². The predicted octanol–water partition coefficient (Wildman–Crippen LogP) is 0.676. The van der Waals surface area contributed by atoms with Crippen LogP contribution >= 0.6 is 0 Å². The highest BCUT2D eigenvalue weighted by molar-refractivity contribution is 7.91. The summed E-state index contributed by atoms with van der Waals surface area (Å²) >= 11 is 0. The third kappa shape index (κ3) is 3.66. The Kier molecular flexibility index (Phi) is 4.41. The molecule has 1 saturated heterocycles. The number of phenolic OH excluding ortho intramolecular Hbond substituents is 2. The van der Waals surface area contributed by atoms with Gasteiger partial charge in [-0.3, -0.25) is 4.79 Å². The Hall–Kier alpha value is -1.76. The number of carbonyl (C=O) groups excluding carboxylic acids is 1. The molecular weight excluding hydrogens is 294 g/mol. The zero-order chi connectivity index (χ0) is 15.6. The van der Waals surface area contributed by atoms with Gasteiger partial charge >= 0.3 is 0 Å². The molecule has 0 spiro atoms. The van der Waals surface area contributed by atoms with Crippen molar-refractivity contribution in [3.8, 4) is 11.5 Å². The van der Waals surface area contributed by atoms with E-state index in [9.17, 15) is 23.4 Å². The number of aromatic hydroxyl groups is 2. The Balaban J connectivity index is 2.08. The molecule has 1 fully saturated rings. The van der Waals surface area contributed by atoms with Gasteiger partial charge in [-0.25, -0.2) is 8.42 Å². The van der Waals surface area contributed by atoms with Gasteiger partial charge < -0.3 is 15.1 Å². The summed E-state index contributed by atoms with van der Waals surface area (Å²) in [6, 6.07) is 3.96. The van der Waals surface area contributed by atoms with Gasteiger partial charge in [-0.2, -0.15) is 0 Å². The van der Waals surface area contributed by atoms with Gasteiger partial charge in [0.1, 0.15) is 0 Å². The van der Waals surface area contributed by atoms with E-state index in [4.69, 9.17) is 0 Å². The second-order valence-corrected chi connectivity index (χ2v) is 7.47. The van der Waals surface area contributed by atoms with E-state index in [-0.39, 0.29) is 41.4 Å². The molecule has 1 heterocycles. The fraction of sp³-hybridized carbons (Fsp3) is 0.500. The number of rotatable bonds is 4. The van der Waals surface area contributed by atoms with Crippen molar-refractivity contribution in [2.45, 2.75) is 25.8 Å². The molecule has 1 amide bonds. The summed E-state index contributed by atoms with van der Waals surface area (Å²) in [5, 5.41) is 18.7. The van der Waals surface area contributed by atoms with Crippen molar-refractivity contribution < 1.29 is 23.4 Å². The van der Waals surface area contributed by atoms with Crippen LogP contribution in [0.4, 0.5) is 0 Å². The van der Waals surface area contributed by atoms with E-state index in [1.807, 2.05) is 6.92 Å². The largest absolute Gasteiger partial charge is 0.504 e. The Morgan fingerprint density at radius 1 is 1.33 bits per heavy atom. The van der Waals surface area contributed by atoms with E-state index in [0.29, 0.717) is 18.5 Å². The molecule has 0 bridgehead atoms. The van der Waals surface area contributed by atoms with Crippen molar-refractivity contribution >= 4 is 15.7 Å². The molecule has 0 aromatic heterocycles.